The molecule has 4 nitrogen and oxygen atoms in total. The number of benzene rings is 1. The largest absolute Gasteiger partial charge is 0.395 e. The third-order valence-electron chi connectivity index (χ3n) is 3.87. The van der Waals surface area contributed by atoms with Crippen LogP contribution in [0.4, 0.5) is 9.18 Å². The van der Waals surface area contributed by atoms with Crippen LogP contribution in [0.3, 0.4) is 0 Å². The second-order valence-electron chi connectivity index (χ2n) is 5.45. The molecule has 1 unspecified atom stereocenters. The van der Waals surface area contributed by atoms with E-state index in [-0.39, 0.29) is 24.5 Å². The van der Waals surface area contributed by atoms with E-state index in [2.05, 4.69) is 5.32 Å². The van der Waals surface area contributed by atoms with Gasteiger partial charge in [-0.15, -0.1) is 0 Å². The smallest absolute Gasteiger partial charge is 0.317 e. The maximum atomic E-state index is 13.3. The van der Waals surface area contributed by atoms with Gasteiger partial charge in [-0.2, -0.15) is 0 Å². The minimum Gasteiger partial charge on any atom is -0.395 e. The molecule has 0 radical (unpaired) electrons. The highest BCUT2D eigenvalue weighted by Crippen LogP contribution is 2.30. The molecule has 0 spiro atoms. The van der Waals surface area contributed by atoms with Crippen LogP contribution in [0.25, 0.3) is 0 Å². The van der Waals surface area contributed by atoms with Crippen LogP contribution >= 0.6 is 0 Å². The number of nitrogens with zero attached hydrogens (tertiary/aromatic N) is 1. The van der Waals surface area contributed by atoms with E-state index in [9.17, 15) is 9.18 Å². The molecular weight excluding hydrogens is 271 g/mol. The topological polar surface area (TPSA) is 52.6 Å². The van der Waals surface area contributed by atoms with Crippen LogP contribution in [-0.4, -0.2) is 35.7 Å². The lowest BCUT2D eigenvalue weighted by Crippen LogP contribution is -2.44. The normalized spacial score (nSPS) is 17.2. The number of nitrogens with one attached hydrogen (secondary N) is 1. The zero-order valence-electron chi connectivity index (χ0n) is 12.4. The lowest BCUT2D eigenvalue weighted by Gasteiger charge is -2.29. The van der Waals surface area contributed by atoms with Crippen LogP contribution in [0.1, 0.15) is 43.4 Å². The molecule has 2 rings (SSSR count). The molecular formula is C16H23FN2O2. The number of urea groups is 1. The van der Waals surface area contributed by atoms with Gasteiger partial charge in [0.2, 0.25) is 0 Å². The first-order chi connectivity index (χ1) is 10.2. The summed E-state index contributed by atoms with van der Waals surface area (Å²) >= 11 is 0. The number of rotatable bonds is 5. The Balaban J connectivity index is 2.08. The standard InChI is InChI=1S/C16H23FN2O2/c1-2-8-19(9-10-20)16(21)18-15-5-3-4-12-11-13(17)6-7-14(12)15/h6-7,11,15,20H,2-5,8-10H2,1H3,(H,18,21). The average molecular weight is 294 g/mol. The highest BCUT2D eigenvalue weighted by atomic mass is 19.1. The fourth-order valence-electron chi connectivity index (χ4n) is 2.88. The van der Waals surface area contributed by atoms with Crippen molar-refractivity contribution >= 4 is 6.03 Å². The number of aliphatic hydroxyl groups is 1. The van der Waals surface area contributed by atoms with Crippen LogP contribution in [0, 0.1) is 5.82 Å². The number of fused-ring (bicyclic) bond motifs is 1. The Morgan fingerprint density at radius 1 is 1.48 bits per heavy atom. The highest BCUT2D eigenvalue weighted by molar-refractivity contribution is 5.74. The molecule has 2 amide bonds. The number of aryl methyl sites for hydroxylation is 1. The number of amides is 2. The quantitative estimate of drug-likeness (QED) is 0.877. The number of carbonyl (C=O) groups excluding carboxylic acids is 1. The van der Waals surface area contributed by atoms with Crippen molar-refractivity contribution in [1.82, 2.24) is 10.2 Å². The fourth-order valence-corrected chi connectivity index (χ4v) is 2.88. The maximum absolute atomic E-state index is 13.3. The van der Waals surface area contributed by atoms with Gasteiger partial charge < -0.3 is 15.3 Å². The second-order valence-corrected chi connectivity index (χ2v) is 5.45. The van der Waals surface area contributed by atoms with Gasteiger partial charge in [-0.05, 0) is 48.9 Å². The number of hydrogen-bond acceptors (Lipinski definition) is 2. The first-order valence-corrected chi connectivity index (χ1v) is 7.60. The predicted molar refractivity (Wildman–Crippen MR) is 79.6 cm³/mol. The summed E-state index contributed by atoms with van der Waals surface area (Å²) in [5.74, 6) is -0.228. The number of hydrogen-bond donors (Lipinski definition) is 2. The molecule has 5 heteroatoms. The Hall–Kier alpha value is -1.62. The van der Waals surface area contributed by atoms with Gasteiger partial charge >= 0.3 is 6.03 Å². The van der Waals surface area contributed by atoms with Crippen LogP contribution in [0.15, 0.2) is 18.2 Å². The number of carbonyl (C=O) groups is 1. The van der Waals surface area contributed by atoms with E-state index in [1.165, 1.54) is 6.07 Å². The zero-order chi connectivity index (χ0) is 15.2. The van der Waals surface area contributed by atoms with Gasteiger partial charge in [-0.25, -0.2) is 9.18 Å². The summed E-state index contributed by atoms with van der Waals surface area (Å²) in [6, 6.07) is 4.55. The summed E-state index contributed by atoms with van der Waals surface area (Å²) in [7, 11) is 0. The van der Waals surface area contributed by atoms with Gasteiger partial charge in [-0.3, -0.25) is 0 Å². The first-order valence-electron chi connectivity index (χ1n) is 7.60. The van der Waals surface area contributed by atoms with Crippen LogP contribution in [0.2, 0.25) is 0 Å². The summed E-state index contributed by atoms with van der Waals surface area (Å²) in [5.41, 5.74) is 1.99. The van der Waals surface area contributed by atoms with E-state index in [1.54, 1.807) is 17.0 Å². The van der Waals surface area contributed by atoms with Crippen LogP contribution < -0.4 is 5.32 Å². The molecule has 1 aliphatic rings. The highest BCUT2D eigenvalue weighted by Gasteiger charge is 2.24. The van der Waals surface area contributed by atoms with Gasteiger partial charge in [0.15, 0.2) is 0 Å². The van der Waals surface area contributed by atoms with E-state index >= 15 is 0 Å². The van der Waals surface area contributed by atoms with Crippen molar-refractivity contribution in [3.8, 4) is 0 Å². The Morgan fingerprint density at radius 2 is 2.29 bits per heavy atom. The molecule has 0 bridgehead atoms. The van der Waals surface area contributed by atoms with E-state index in [4.69, 9.17) is 5.11 Å². The summed E-state index contributed by atoms with van der Waals surface area (Å²) in [6.07, 6.45) is 3.51. The Bertz CT molecular complexity index is 487. The number of halogens is 1. The monoisotopic (exact) mass is 294 g/mol. The molecule has 0 aromatic heterocycles. The minimum absolute atomic E-state index is 0.0418. The summed E-state index contributed by atoms with van der Waals surface area (Å²) in [6.45, 7) is 2.91. The lowest BCUT2D eigenvalue weighted by molar-refractivity contribution is 0.173. The minimum atomic E-state index is -0.228. The second kappa shape index (κ2) is 7.41. The molecule has 0 saturated carbocycles. The van der Waals surface area contributed by atoms with Gasteiger partial charge in [-0.1, -0.05) is 13.0 Å². The summed E-state index contributed by atoms with van der Waals surface area (Å²) in [5, 5.41) is 12.1. The van der Waals surface area contributed by atoms with Crippen LogP contribution in [-0.2, 0) is 6.42 Å². The predicted octanol–water partition coefficient (Wildman–Crippen LogP) is 2.62. The number of aliphatic hydroxyl groups excluding tert-OH is 1. The molecule has 116 valence electrons. The molecule has 0 fully saturated rings. The van der Waals surface area contributed by atoms with Gasteiger partial charge in [0.25, 0.3) is 0 Å². The van der Waals surface area contributed by atoms with Crippen LogP contribution in [0.5, 0.6) is 0 Å². The lowest BCUT2D eigenvalue weighted by atomic mass is 9.87. The molecule has 2 N–H and O–H groups in total. The van der Waals surface area contributed by atoms with E-state index in [0.717, 1.165) is 36.8 Å². The Kier molecular flexibility index (Phi) is 5.56. The molecule has 21 heavy (non-hydrogen) atoms. The van der Waals surface area contributed by atoms with Crippen molar-refractivity contribution in [2.45, 2.75) is 38.6 Å². The molecule has 1 aromatic carbocycles. The summed E-state index contributed by atoms with van der Waals surface area (Å²) in [4.78, 5) is 13.9. The Morgan fingerprint density at radius 3 is 3.00 bits per heavy atom. The van der Waals surface area contributed by atoms with E-state index in [1.807, 2.05) is 6.92 Å². The molecule has 0 saturated heterocycles. The van der Waals surface area contributed by atoms with E-state index in [0.29, 0.717) is 13.1 Å². The van der Waals surface area contributed by atoms with Crippen molar-refractivity contribution in [3.63, 3.8) is 0 Å². The van der Waals surface area contributed by atoms with Crippen molar-refractivity contribution in [2.24, 2.45) is 0 Å². The van der Waals surface area contributed by atoms with Gasteiger partial charge in [0, 0.05) is 13.1 Å². The van der Waals surface area contributed by atoms with Crippen molar-refractivity contribution in [3.05, 3.63) is 35.1 Å². The Labute approximate surface area is 125 Å². The van der Waals surface area contributed by atoms with Crippen molar-refractivity contribution in [1.29, 1.82) is 0 Å². The molecule has 1 aliphatic carbocycles. The fraction of sp³-hybridized carbons (Fsp3) is 0.562. The third-order valence-corrected chi connectivity index (χ3v) is 3.87. The zero-order valence-corrected chi connectivity index (χ0v) is 12.4. The molecule has 0 aliphatic heterocycles. The van der Waals surface area contributed by atoms with Gasteiger partial charge in [0.05, 0.1) is 12.6 Å². The maximum Gasteiger partial charge on any atom is 0.317 e. The third kappa shape index (κ3) is 3.94. The molecule has 0 heterocycles. The average Bonchev–Trinajstić information content (AvgIpc) is 2.47. The van der Waals surface area contributed by atoms with Crippen molar-refractivity contribution < 1.29 is 14.3 Å². The summed E-state index contributed by atoms with van der Waals surface area (Å²) < 4.78 is 13.3. The first kappa shape index (κ1) is 15.8. The van der Waals surface area contributed by atoms with Gasteiger partial charge in [0.1, 0.15) is 5.82 Å². The van der Waals surface area contributed by atoms with Crippen molar-refractivity contribution in [2.75, 3.05) is 19.7 Å². The van der Waals surface area contributed by atoms with E-state index < -0.39 is 0 Å². The SMILES string of the molecule is CCCN(CCO)C(=O)NC1CCCc2cc(F)ccc21. The molecule has 1 atom stereocenters. The molecule has 1 aromatic rings.